The quantitative estimate of drug-likeness (QED) is 0.0412. The van der Waals surface area contributed by atoms with E-state index in [0.29, 0.717) is 23.9 Å². The Morgan fingerprint density at radius 2 is 1.47 bits per heavy atom. The van der Waals surface area contributed by atoms with Crippen LogP contribution in [0.5, 0.6) is 11.5 Å². The summed E-state index contributed by atoms with van der Waals surface area (Å²) in [6, 6.07) is 38.9. The number of nitro groups is 1. The first-order chi connectivity index (χ1) is 29.8. The third kappa shape index (κ3) is 10.8. The van der Waals surface area contributed by atoms with Crippen LogP contribution in [-0.4, -0.2) is 71.9 Å². The number of carbonyl (C=O) groups excluding carboxylic acids is 1. The van der Waals surface area contributed by atoms with Gasteiger partial charge in [0.2, 0.25) is 0 Å². The number of rotatable bonds is 16. The smallest absolute Gasteiger partial charge is 0.297 e. The largest absolute Gasteiger partial charge is 0.456 e. The summed E-state index contributed by atoms with van der Waals surface area (Å²) in [5.74, 6) is -0.483. The van der Waals surface area contributed by atoms with E-state index in [0.717, 1.165) is 60.2 Å². The fraction of sp³-hybridized carbons (Fsp3) is 0.178. The Morgan fingerprint density at radius 1 is 0.790 bits per heavy atom. The van der Waals surface area contributed by atoms with E-state index in [2.05, 4.69) is 27.2 Å². The molecule has 0 unspecified atom stereocenters. The molecule has 0 spiro atoms. The van der Waals surface area contributed by atoms with Crippen LogP contribution in [0.1, 0.15) is 21.5 Å². The van der Waals surface area contributed by atoms with Crippen LogP contribution in [0.3, 0.4) is 0 Å². The predicted molar refractivity (Wildman–Crippen MR) is 238 cm³/mol. The number of amides is 1. The van der Waals surface area contributed by atoms with Crippen molar-refractivity contribution in [2.75, 3.05) is 49.5 Å². The highest BCUT2D eigenvalue weighted by Gasteiger charge is 2.27. The fourth-order valence-electron chi connectivity index (χ4n) is 6.89. The maximum absolute atomic E-state index is 13.7. The first-order valence-electron chi connectivity index (χ1n) is 19.5. The first kappa shape index (κ1) is 43.8. The molecule has 6 aromatic rings. The van der Waals surface area contributed by atoms with Gasteiger partial charge in [0.15, 0.2) is 0 Å². The number of piperazine rings is 1. The Balaban J connectivity index is 1.03. The highest BCUT2D eigenvalue weighted by atomic mass is 35.5. The van der Waals surface area contributed by atoms with Crippen molar-refractivity contribution in [3.63, 3.8) is 0 Å². The van der Waals surface area contributed by atoms with E-state index in [1.165, 1.54) is 23.8 Å². The minimum atomic E-state index is -4.65. The van der Waals surface area contributed by atoms with Crippen molar-refractivity contribution in [1.29, 1.82) is 0 Å². The average Bonchev–Trinajstić information content (AvgIpc) is 3.26. The van der Waals surface area contributed by atoms with Crippen LogP contribution in [-0.2, 0) is 30.9 Å². The molecule has 2 N–H and O–H groups in total. The van der Waals surface area contributed by atoms with E-state index >= 15 is 0 Å². The Kier molecular flexibility index (Phi) is 13.5. The van der Waals surface area contributed by atoms with Gasteiger partial charge in [-0.25, -0.2) is 13.1 Å². The molecule has 1 aliphatic rings. The van der Waals surface area contributed by atoms with Gasteiger partial charge in [0, 0.05) is 62.1 Å². The number of benzene rings is 6. The van der Waals surface area contributed by atoms with Crippen LogP contribution < -0.4 is 19.7 Å². The Bertz CT molecular complexity index is 2790. The molecule has 320 valence electrons. The van der Waals surface area contributed by atoms with Crippen molar-refractivity contribution in [3.8, 4) is 22.6 Å². The van der Waals surface area contributed by atoms with E-state index in [1.807, 2.05) is 54.1 Å². The molecule has 0 saturated carbocycles. The standard InChI is InChI=1S/C45H42ClN5O9S2/c1-32-11-18-38(19-12-32)62(57,58)59-28-23-47-42-22-20-39(30-43(42)51(53)54)61(55,56)48-45(52)41-21-17-36(29-44(41)60-37-8-3-2-4-9-37)50-26-24-49(25-27-50)31-34-7-5-6-10-40(34)33-13-15-35(46)16-14-33/h2-22,29-30,47H,23-28,31H2,1H3,(H,48,52). The minimum absolute atomic E-state index is 0.0426. The zero-order valence-corrected chi connectivity index (χ0v) is 35.8. The maximum atomic E-state index is 13.7. The normalized spacial score (nSPS) is 13.4. The number of ether oxygens (including phenoxy) is 1. The molecule has 17 heteroatoms. The molecule has 0 radical (unpaired) electrons. The van der Waals surface area contributed by atoms with Gasteiger partial charge in [0.25, 0.3) is 31.7 Å². The number of nitrogens with zero attached hydrogens (tertiary/aromatic N) is 3. The van der Waals surface area contributed by atoms with Gasteiger partial charge in [-0.1, -0.05) is 83.9 Å². The lowest BCUT2D eigenvalue weighted by Gasteiger charge is -2.36. The summed E-state index contributed by atoms with van der Waals surface area (Å²) in [4.78, 5) is 28.9. The number of para-hydroxylation sites is 1. The average molecular weight is 896 g/mol. The Labute approximate surface area is 365 Å². The molecule has 14 nitrogen and oxygen atoms in total. The summed E-state index contributed by atoms with van der Waals surface area (Å²) < 4.78 is 65.4. The van der Waals surface area contributed by atoms with Gasteiger partial charge in [0.1, 0.15) is 17.2 Å². The first-order valence-corrected chi connectivity index (χ1v) is 22.8. The number of carbonyl (C=O) groups is 1. The molecule has 0 aliphatic carbocycles. The molecule has 0 bridgehead atoms. The van der Waals surface area contributed by atoms with Crippen molar-refractivity contribution in [3.05, 3.63) is 171 Å². The molecular formula is C45H42ClN5O9S2. The zero-order chi connectivity index (χ0) is 43.9. The van der Waals surface area contributed by atoms with Gasteiger partial charge < -0.3 is 15.0 Å². The van der Waals surface area contributed by atoms with Crippen LogP contribution in [0.25, 0.3) is 11.1 Å². The Morgan fingerprint density at radius 3 is 2.18 bits per heavy atom. The zero-order valence-electron chi connectivity index (χ0n) is 33.4. The lowest BCUT2D eigenvalue weighted by molar-refractivity contribution is -0.384. The minimum Gasteiger partial charge on any atom is -0.456 e. The summed E-state index contributed by atoms with van der Waals surface area (Å²) in [7, 11) is -8.73. The van der Waals surface area contributed by atoms with Crippen LogP contribution in [0, 0.1) is 17.0 Å². The molecule has 6 aromatic carbocycles. The molecule has 1 saturated heterocycles. The van der Waals surface area contributed by atoms with Gasteiger partial charge in [-0.15, -0.1) is 0 Å². The van der Waals surface area contributed by atoms with Crippen molar-refractivity contribution in [2.45, 2.75) is 23.3 Å². The number of aryl methyl sites for hydroxylation is 1. The summed E-state index contributed by atoms with van der Waals surface area (Å²) >= 11 is 6.14. The number of nitro benzene ring substituents is 1. The van der Waals surface area contributed by atoms with Gasteiger partial charge in [-0.05, 0) is 84.3 Å². The molecule has 7 rings (SSSR count). The SMILES string of the molecule is Cc1ccc(S(=O)(=O)OCCNc2ccc(S(=O)(=O)NC(=O)c3ccc(N4CCN(Cc5ccccc5-c5ccc(Cl)cc5)CC4)cc3Oc3ccccc3)cc2[N+](=O)[O-])cc1. The summed E-state index contributed by atoms with van der Waals surface area (Å²) in [6.45, 7) is 4.90. The van der Waals surface area contributed by atoms with Crippen LogP contribution >= 0.6 is 11.6 Å². The molecule has 0 aromatic heterocycles. The lowest BCUT2D eigenvalue weighted by atomic mass is 9.99. The van der Waals surface area contributed by atoms with E-state index in [1.54, 1.807) is 48.5 Å². The molecular weight excluding hydrogens is 854 g/mol. The van der Waals surface area contributed by atoms with Crippen molar-refractivity contribution in [1.82, 2.24) is 9.62 Å². The third-order valence-electron chi connectivity index (χ3n) is 10.2. The monoisotopic (exact) mass is 895 g/mol. The topological polar surface area (TPSA) is 177 Å². The van der Waals surface area contributed by atoms with Crippen LogP contribution in [0.15, 0.2) is 149 Å². The van der Waals surface area contributed by atoms with E-state index in [4.69, 9.17) is 20.5 Å². The second-order valence-corrected chi connectivity index (χ2v) is 18.1. The van der Waals surface area contributed by atoms with E-state index in [9.17, 15) is 31.7 Å². The number of anilines is 2. The van der Waals surface area contributed by atoms with Crippen molar-refractivity contribution >= 4 is 54.7 Å². The number of nitrogens with one attached hydrogen (secondary N) is 2. The number of hydrogen-bond donors (Lipinski definition) is 2. The summed E-state index contributed by atoms with van der Waals surface area (Å²) in [5, 5.41) is 15.4. The Hall–Kier alpha value is -6.30. The molecule has 1 fully saturated rings. The maximum Gasteiger partial charge on any atom is 0.297 e. The molecule has 1 heterocycles. The molecule has 62 heavy (non-hydrogen) atoms. The van der Waals surface area contributed by atoms with Crippen LogP contribution in [0.2, 0.25) is 5.02 Å². The lowest BCUT2D eigenvalue weighted by Crippen LogP contribution is -2.46. The molecule has 1 amide bonds. The number of hydrogen-bond acceptors (Lipinski definition) is 12. The van der Waals surface area contributed by atoms with Crippen LogP contribution in [0.4, 0.5) is 17.1 Å². The third-order valence-corrected chi connectivity index (χ3v) is 13.1. The number of halogens is 1. The van der Waals surface area contributed by atoms with Gasteiger partial charge >= 0.3 is 0 Å². The highest BCUT2D eigenvalue weighted by Crippen LogP contribution is 2.33. The van der Waals surface area contributed by atoms with Gasteiger partial charge in [0.05, 0.1) is 26.9 Å². The van der Waals surface area contributed by atoms with Gasteiger partial charge in [-0.3, -0.25) is 24.0 Å². The summed E-state index contributed by atoms with van der Waals surface area (Å²) in [6.07, 6.45) is 0. The second-order valence-electron chi connectivity index (χ2n) is 14.4. The van der Waals surface area contributed by atoms with E-state index in [-0.39, 0.29) is 35.0 Å². The molecule has 1 aliphatic heterocycles. The highest BCUT2D eigenvalue weighted by molar-refractivity contribution is 7.90. The van der Waals surface area contributed by atoms with Crippen molar-refractivity contribution in [2.24, 2.45) is 0 Å². The predicted octanol–water partition coefficient (Wildman–Crippen LogP) is 8.27. The van der Waals surface area contributed by atoms with Crippen molar-refractivity contribution < 1.29 is 35.5 Å². The van der Waals surface area contributed by atoms with Gasteiger partial charge in [-0.2, -0.15) is 8.42 Å². The summed E-state index contributed by atoms with van der Waals surface area (Å²) in [5.41, 5.74) is 4.28. The fourth-order valence-corrected chi connectivity index (χ4v) is 8.91. The second kappa shape index (κ2) is 19.2. The molecule has 0 atom stereocenters. The number of sulfonamides is 1. The van der Waals surface area contributed by atoms with E-state index < -0.39 is 41.6 Å².